The lowest BCUT2D eigenvalue weighted by Crippen LogP contribution is -2.03. The van der Waals surface area contributed by atoms with Gasteiger partial charge in [0.25, 0.3) is 0 Å². The average Bonchev–Trinajstić information content (AvgIpc) is 2.30. The Balaban J connectivity index is 3.12. The largest absolute Gasteiger partial charge is 0.394 e. The van der Waals surface area contributed by atoms with Gasteiger partial charge in [0.2, 0.25) is 0 Å². The molecule has 1 aromatic rings. The van der Waals surface area contributed by atoms with Gasteiger partial charge in [0.05, 0.1) is 5.69 Å². The Labute approximate surface area is 65.2 Å². The summed E-state index contributed by atoms with van der Waals surface area (Å²) in [6, 6.07) is 0. The normalized spacial score (nSPS) is 10.4. The highest BCUT2D eigenvalue weighted by atomic mass is 15.3. The van der Waals surface area contributed by atoms with Gasteiger partial charge in [-0.15, -0.1) is 0 Å². The van der Waals surface area contributed by atoms with Gasteiger partial charge in [-0.2, -0.15) is 5.10 Å². The zero-order valence-electron chi connectivity index (χ0n) is 6.54. The van der Waals surface area contributed by atoms with E-state index >= 15 is 0 Å². The summed E-state index contributed by atoms with van der Waals surface area (Å²) >= 11 is 0. The fraction of sp³-hybridized carbons (Fsp3) is 0.500. The Morgan fingerprint density at radius 2 is 2.09 bits per heavy atom. The Morgan fingerprint density at radius 3 is 2.36 bits per heavy atom. The van der Waals surface area contributed by atoms with Gasteiger partial charge < -0.3 is 17.2 Å². The van der Waals surface area contributed by atoms with Gasteiger partial charge in [0.1, 0.15) is 11.5 Å². The van der Waals surface area contributed by atoms with Crippen molar-refractivity contribution in [1.82, 2.24) is 9.78 Å². The molecule has 1 heterocycles. The number of aromatic nitrogens is 2. The van der Waals surface area contributed by atoms with Crippen molar-refractivity contribution in [2.75, 3.05) is 11.5 Å². The van der Waals surface area contributed by atoms with E-state index in [4.69, 9.17) is 17.2 Å². The monoisotopic (exact) mass is 155 g/mol. The molecule has 5 nitrogen and oxygen atoms in total. The number of anilines is 2. The van der Waals surface area contributed by atoms with E-state index in [1.165, 1.54) is 0 Å². The first-order valence-corrected chi connectivity index (χ1v) is 3.51. The van der Waals surface area contributed by atoms with E-state index in [9.17, 15) is 0 Å². The molecule has 0 unspecified atom stereocenters. The number of hydrogen-bond donors (Lipinski definition) is 3. The van der Waals surface area contributed by atoms with Gasteiger partial charge in [0, 0.05) is 13.1 Å². The van der Waals surface area contributed by atoms with Crippen LogP contribution < -0.4 is 17.2 Å². The molecule has 0 aliphatic carbocycles. The molecule has 62 valence electrons. The van der Waals surface area contributed by atoms with Crippen molar-refractivity contribution in [3.8, 4) is 0 Å². The van der Waals surface area contributed by atoms with Crippen molar-refractivity contribution in [3.05, 3.63) is 5.69 Å². The van der Waals surface area contributed by atoms with Crippen molar-refractivity contribution in [1.29, 1.82) is 0 Å². The van der Waals surface area contributed by atoms with Crippen molar-refractivity contribution < 1.29 is 0 Å². The van der Waals surface area contributed by atoms with Crippen LogP contribution in [0.15, 0.2) is 0 Å². The van der Waals surface area contributed by atoms with Crippen molar-refractivity contribution >= 4 is 11.5 Å². The molecule has 0 spiro atoms. The number of aryl methyl sites for hydroxylation is 1. The fourth-order valence-corrected chi connectivity index (χ4v) is 0.932. The quantitative estimate of drug-likeness (QED) is 0.537. The summed E-state index contributed by atoms with van der Waals surface area (Å²) in [5.41, 5.74) is 17.8. The smallest absolute Gasteiger partial charge is 0.145 e. The average molecular weight is 155 g/mol. The van der Waals surface area contributed by atoms with Crippen LogP contribution in [0.2, 0.25) is 0 Å². The second-order valence-corrected chi connectivity index (χ2v) is 2.27. The van der Waals surface area contributed by atoms with Crippen molar-refractivity contribution in [2.45, 2.75) is 20.0 Å². The summed E-state index contributed by atoms with van der Waals surface area (Å²) in [6.07, 6.45) is 0. The van der Waals surface area contributed by atoms with Crippen LogP contribution in [0.25, 0.3) is 0 Å². The van der Waals surface area contributed by atoms with E-state index in [1.807, 2.05) is 6.92 Å². The zero-order chi connectivity index (χ0) is 8.43. The van der Waals surface area contributed by atoms with Crippen LogP contribution in [0.4, 0.5) is 11.5 Å². The summed E-state index contributed by atoms with van der Waals surface area (Å²) in [5.74, 6) is 0.507. The Hall–Kier alpha value is -1.23. The SMILES string of the molecule is CCn1nc(CN)c(N)c1N. The molecule has 0 fully saturated rings. The Morgan fingerprint density at radius 1 is 1.45 bits per heavy atom. The van der Waals surface area contributed by atoms with Gasteiger partial charge in [-0.1, -0.05) is 0 Å². The van der Waals surface area contributed by atoms with Crippen LogP contribution in [0.3, 0.4) is 0 Å². The lowest BCUT2D eigenvalue weighted by molar-refractivity contribution is 0.656. The molecule has 0 saturated heterocycles. The summed E-state index contributed by atoms with van der Waals surface area (Å²) in [7, 11) is 0. The predicted octanol–water partition coefficient (Wildman–Crippen LogP) is -0.474. The third-order valence-corrected chi connectivity index (χ3v) is 1.60. The minimum atomic E-state index is 0.336. The number of rotatable bonds is 2. The highest BCUT2D eigenvalue weighted by Crippen LogP contribution is 2.18. The molecule has 0 amide bonds. The van der Waals surface area contributed by atoms with Gasteiger partial charge in [0.15, 0.2) is 0 Å². The number of nitrogen functional groups attached to an aromatic ring is 2. The van der Waals surface area contributed by atoms with Gasteiger partial charge in [-0.3, -0.25) is 0 Å². The van der Waals surface area contributed by atoms with E-state index < -0.39 is 0 Å². The molecule has 1 aromatic heterocycles. The van der Waals surface area contributed by atoms with Crippen LogP contribution in [-0.4, -0.2) is 9.78 Å². The number of nitrogens with two attached hydrogens (primary N) is 3. The van der Waals surface area contributed by atoms with Crippen molar-refractivity contribution in [3.63, 3.8) is 0 Å². The third-order valence-electron chi connectivity index (χ3n) is 1.60. The molecule has 11 heavy (non-hydrogen) atoms. The van der Waals surface area contributed by atoms with Gasteiger partial charge in [-0.25, -0.2) is 4.68 Å². The van der Waals surface area contributed by atoms with E-state index in [2.05, 4.69) is 5.10 Å². The third kappa shape index (κ3) is 1.14. The van der Waals surface area contributed by atoms with Crippen molar-refractivity contribution in [2.24, 2.45) is 5.73 Å². The molecule has 1 rings (SSSR count). The second-order valence-electron chi connectivity index (χ2n) is 2.27. The molecule has 0 radical (unpaired) electrons. The van der Waals surface area contributed by atoms with E-state index in [1.54, 1.807) is 4.68 Å². The zero-order valence-corrected chi connectivity index (χ0v) is 6.54. The van der Waals surface area contributed by atoms with E-state index in [0.717, 1.165) is 6.54 Å². The molecule has 6 N–H and O–H groups in total. The molecule has 5 heteroatoms. The predicted molar refractivity (Wildman–Crippen MR) is 44.6 cm³/mol. The molecule has 0 bridgehead atoms. The summed E-state index contributed by atoms with van der Waals surface area (Å²) in [4.78, 5) is 0. The van der Waals surface area contributed by atoms with Crippen LogP contribution >= 0.6 is 0 Å². The molecular weight excluding hydrogens is 142 g/mol. The summed E-state index contributed by atoms with van der Waals surface area (Å²) in [6.45, 7) is 3.00. The second kappa shape index (κ2) is 2.79. The first-order valence-electron chi connectivity index (χ1n) is 3.51. The molecule has 0 aromatic carbocycles. The van der Waals surface area contributed by atoms with Gasteiger partial charge in [-0.05, 0) is 6.92 Å². The van der Waals surface area contributed by atoms with Crippen LogP contribution in [-0.2, 0) is 13.1 Å². The molecule has 0 aliphatic heterocycles. The molecule has 0 atom stereocenters. The fourth-order valence-electron chi connectivity index (χ4n) is 0.932. The van der Waals surface area contributed by atoms with E-state index in [-0.39, 0.29) is 0 Å². The maximum Gasteiger partial charge on any atom is 0.145 e. The first kappa shape index (κ1) is 7.87. The maximum atomic E-state index is 5.61. The van der Waals surface area contributed by atoms with Gasteiger partial charge >= 0.3 is 0 Å². The highest BCUT2D eigenvalue weighted by molar-refractivity contribution is 5.62. The van der Waals surface area contributed by atoms with Crippen LogP contribution in [0, 0.1) is 0 Å². The summed E-state index contributed by atoms with van der Waals surface area (Å²) in [5, 5.41) is 4.09. The molecule has 0 saturated carbocycles. The Bertz CT molecular complexity index is 227. The molecular formula is C6H13N5. The topological polar surface area (TPSA) is 95.9 Å². The lowest BCUT2D eigenvalue weighted by Gasteiger charge is -1.96. The number of nitrogens with zero attached hydrogens (tertiary/aromatic N) is 2. The lowest BCUT2D eigenvalue weighted by atomic mass is 10.3. The highest BCUT2D eigenvalue weighted by Gasteiger charge is 2.08. The minimum Gasteiger partial charge on any atom is -0.394 e. The Kier molecular flexibility index (Phi) is 2.00. The molecule has 0 aliphatic rings. The maximum absolute atomic E-state index is 5.61. The van der Waals surface area contributed by atoms with Crippen LogP contribution in [0.1, 0.15) is 12.6 Å². The summed E-state index contributed by atoms with van der Waals surface area (Å²) < 4.78 is 1.64. The van der Waals surface area contributed by atoms with Crippen LogP contribution in [0.5, 0.6) is 0 Å². The van der Waals surface area contributed by atoms with E-state index in [0.29, 0.717) is 23.7 Å². The first-order chi connectivity index (χ1) is 5.20. The standard InChI is InChI=1S/C6H13N5/c1-2-11-6(9)5(8)4(3-7)10-11/h2-3,7-9H2,1H3. The number of hydrogen-bond acceptors (Lipinski definition) is 4. The minimum absolute atomic E-state index is 0.336.